The molecule has 1 aromatic carbocycles. The van der Waals surface area contributed by atoms with E-state index in [4.69, 9.17) is 5.73 Å². The van der Waals surface area contributed by atoms with E-state index in [1.165, 1.54) is 14.0 Å². The van der Waals surface area contributed by atoms with Gasteiger partial charge in [-0.25, -0.2) is 13.6 Å². The van der Waals surface area contributed by atoms with Gasteiger partial charge in [0.25, 0.3) is 0 Å². The van der Waals surface area contributed by atoms with Crippen molar-refractivity contribution >= 4 is 28.9 Å². The molecule has 3 N–H and O–H groups in total. The van der Waals surface area contributed by atoms with Gasteiger partial charge in [-0.05, 0) is 19.1 Å². The molecule has 0 radical (unpaired) electrons. The number of nitrogens with one attached hydrogen (secondary N) is 1. The highest BCUT2D eigenvalue weighted by Gasteiger charge is 2.18. The van der Waals surface area contributed by atoms with Crippen LogP contribution in [0.5, 0.6) is 0 Å². The van der Waals surface area contributed by atoms with Gasteiger partial charge in [0.1, 0.15) is 28.4 Å². The third-order valence-electron chi connectivity index (χ3n) is 2.24. The topological polar surface area (TPSA) is 64.3 Å². The average Bonchev–Trinajstić information content (AvgIpc) is 2.31. The third-order valence-corrected chi connectivity index (χ3v) is 2.48. The summed E-state index contributed by atoms with van der Waals surface area (Å²) in [6, 6.07) is 1.12. The van der Waals surface area contributed by atoms with Gasteiger partial charge >= 0.3 is 5.97 Å². The molecule has 0 spiro atoms. The van der Waals surface area contributed by atoms with Crippen molar-refractivity contribution in [2.24, 2.45) is 5.73 Å². The lowest BCUT2D eigenvalue weighted by molar-refractivity contribution is -0.141. The SMILES string of the molecule is COC(=O)C(C)Nc1c(F)cc(C(N)=S)cc1F. The van der Waals surface area contributed by atoms with Crippen LogP contribution in [0.25, 0.3) is 0 Å². The molecule has 18 heavy (non-hydrogen) atoms. The zero-order chi connectivity index (χ0) is 13.9. The zero-order valence-electron chi connectivity index (χ0n) is 9.79. The van der Waals surface area contributed by atoms with E-state index in [-0.39, 0.29) is 10.6 Å². The Bertz CT molecular complexity index is 471. The van der Waals surface area contributed by atoms with Crippen LogP contribution in [0.4, 0.5) is 14.5 Å². The van der Waals surface area contributed by atoms with Crippen LogP contribution in [-0.2, 0) is 9.53 Å². The summed E-state index contributed by atoms with van der Waals surface area (Å²) in [7, 11) is 1.18. The number of methoxy groups -OCH3 is 1. The summed E-state index contributed by atoms with van der Waals surface area (Å²) in [5, 5.41) is 2.39. The first kappa shape index (κ1) is 14.3. The van der Waals surface area contributed by atoms with Gasteiger partial charge < -0.3 is 15.8 Å². The Hall–Kier alpha value is -1.76. The smallest absolute Gasteiger partial charge is 0.327 e. The van der Waals surface area contributed by atoms with E-state index in [0.717, 1.165) is 12.1 Å². The molecule has 0 aromatic heterocycles. The molecule has 7 heteroatoms. The quantitative estimate of drug-likeness (QED) is 0.644. The number of hydrogen-bond acceptors (Lipinski definition) is 4. The number of carbonyl (C=O) groups is 1. The van der Waals surface area contributed by atoms with Gasteiger partial charge in [-0.3, -0.25) is 0 Å². The molecule has 1 rings (SSSR count). The number of esters is 1. The zero-order valence-corrected chi connectivity index (χ0v) is 10.6. The van der Waals surface area contributed by atoms with Gasteiger partial charge in [0.2, 0.25) is 0 Å². The molecule has 0 aliphatic rings. The Kier molecular flexibility index (Phi) is 4.55. The lowest BCUT2D eigenvalue weighted by atomic mass is 10.1. The maximum atomic E-state index is 13.6. The number of rotatable bonds is 4. The minimum Gasteiger partial charge on any atom is -0.467 e. The summed E-state index contributed by atoms with van der Waals surface area (Å²) in [5.41, 5.74) is 4.93. The molecule has 4 nitrogen and oxygen atoms in total. The first-order chi connectivity index (χ1) is 8.36. The Morgan fingerprint density at radius 1 is 1.44 bits per heavy atom. The molecule has 0 heterocycles. The van der Waals surface area contributed by atoms with Gasteiger partial charge in [-0.1, -0.05) is 12.2 Å². The molecule has 98 valence electrons. The van der Waals surface area contributed by atoms with Gasteiger partial charge in [-0.15, -0.1) is 0 Å². The predicted octanol–water partition coefficient (Wildman–Crippen LogP) is 1.57. The van der Waals surface area contributed by atoms with Crippen molar-refractivity contribution in [1.82, 2.24) is 0 Å². The van der Waals surface area contributed by atoms with Crippen molar-refractivity contribution in [2.75, 3.05) is 12.4 Å². The second kappa shape index (κ2) is 5.72. The minimum absolute atomic E-state index is 0.0799. The van der Waals surface area contributed by atoms with E-state index in [1.807, 2.05) is 0 Å². The molecular weight excluding hydrogens is 262 g/mol. The molecule has 0 bridgehead atoms. The highest BCUT2D eigenvalue weighted by molar-refractivity contribution is 7.80. The largest absolute Gasteiger partial charge is 0.467 e. The van der Waals surface area contributed by atoms with Crippen LogP contribution in [0.1, 0.15) is 12.5 Å². The number of ether oxygens (including phenoxy) is 1. The number of anilines is 1. The maximum Gasteiger partial charge on any atom is 0.327 e. The molecule has 1 unspecified atom stereocenters. The van der Waals surface area contributed by atoms with E-state index in [0.29, 0.717) is 0 Å². The second-order valence-corrected chi connectivity index (χ2v) is 4.01. The van der Waals surface area contributed by atoms with E-state index in [1.54, 1.807) is 0 Å². The Morgan fingerprint density at radius 3 is 2.33 bits per heavy atom. The predicted molar refractivity (Wildman–Crippen MR) is 67.3 cm³/mol. The molecule has 0 aliphatic heterocycles. The fourth-order valence-electron chi connectivity index (χ4n) is 1.31. The van der Waals surface area contributed by atoms with Crippen molar-refractivity contribution in [3.8, 4) is 0 Å². The van der Waals surface area contributed by atoms with Gasteiger partial charge in [0, 0.05) is 5.56 Å². The van der Waals surface area contributed by atoms with Crippen LogP contribution < -0.4 is 11.1 Å². The first-order valence-electron chi connectivity index (χ1n) is 5.00. The monoisotopic (exact) mass is 274 g/mol. The Balaban J connectivity index is 3.04. The number of carbonyl (C=O) groups excluding carboxylic acids is 1. The van der Waals surface area contributed by atoms with Crippen LogP contribution in [-0.4, -0.2) is 24.1 Å². The minimum atomic E-state index is -0.881. The van der Waals surface area contributed by atoms with Crippen LogP contribution in [0.15, 0.2) is 12.1 Å². The van der Waals surface area contributed by atoms with Gasteiger partial charge in [0.15, 0.2) is 0 Å². The summed E-state index contributed by atoms with van der Waals surface area (Å²) in [5.74, 6) is -2.39. The number of nitrogens with two attached hydrogens (primary N) is 1. The Labute approximate surface area is 108 Å². The normalized spacial score (nSPS) is 11.8. The maximum absolute atomic E-state index is 13.6. The summed E-state index contributed by atoms with van der Waals surface area (Å²) >= 11 is 4.62. The highest BCUT2D eigenvalue weighted by atomic mass is 32.1. The van der Waals surface area contributed by atoms with Crippen LogP contribution >= 0.6 is 12.2 Å². The van der Waals surface area contributed by atoms with E-state index in [2.05, 4.69) is 22.3 Å². The molecular formula is C11H12F2N2O2S. The highest BCUT2D eigenvalue weighted by Crippen LogP contribution is 2.21. The Morgan fingerprint density at radius 2 is 1.94 bits per heavy atom. The van der Waals surface area contributed by atoms with Crippen molar-refractivity contribution < 1.29 is 18.3 Å². The molecule has 1 atom stereocenters. The molecule has 0 saturated carbocycles. The lowest BCUT2D eigenvalue weighted by Gasteiger charge is -2.14. The molecule has 0 fully saturated rings. The third kappa shape index (κ3) is 3.13. The fraction of sp³-hybridized carbons (Fsp3) is 0.273. The second-order valence-electron chi connectivity index (χ2n) is 3.57. The number of benzene rings is 1. The number of thiocarbonyl (C=S) groups is 1. The summed E-state index contributed by atoms with van der Waals surface area (Å²) < 4.78 is 31.7. The van der Waals surface area contributed by atoms with Crippen LogP contribution in [0.3, 0.4) is 0 Å². The summed E-state index contributed by atoms with van der Waals surface area (Å²) in [6.45, 7) is 1.42. The van der Waals surface area contributed by atoms with E-state index < -0.39 is 29.3 Å². The molecule has 0 amide bonds. The van der Waals surface area contributed by atoms with Crippen molar-refractivity contribution in [2.45, 2.75) is 13.0 Å². The van der Waals surface area contributed by atoms with Crippen molar-refractivity contribution in [3.63, 3.8) is 0 Å². The van der Waals surface area contributed by atoms with Gasteiger partial charge in [0.05, 0.1) is 7.11 Å². The van der Waals surface area contributed by atoms with E-state index in [9.17, 15) is 13.6 Å². The summed E-state index contributed by atoms with van der Waals surface area (Å²) in [4.78, 5) is 11.0. The van der Waals surface area contributed by atoms with Crippen LogP contribution in [0.2, 0.25) is 0 Å². The molecule has 0 saturated heterocycles. The molecule has 1 aromatic rings. The first-order valence-corrected chi connectivity index (χ1v) is 5.40. The van der Waals surface area contributed by atoms with Gasteiger partial charge in [-0.2, -0.15) is 0 Å². The number of halogens is 2. The van der Waals surface area contributed by atoms with Crippen molar-refractivity contribution in [3.05, 3.63) is 29.3 Å². The summed E-state index contributed by atoms with van der Waals surface area (Å²) in [6.07, 6.45) is 0. The standard InChI is InChI=1S/C11H12F2N2O2S/c1-5(11(16)17-2)15-9-7(12)3-6(10(14)18)4-8(9)13/h3-5,15H,1-2H3,(H2,14,18). The fourth-order valence-corrected chi connectivity index (χ4v) is 1.42. The lowest BCUT2D eigenvalue weighted by Crippen LogP contribution is -2.28. The average molecular weight is 274 g/mol. The van der Waals surface area contributed by atoms with Crippen LogP contribution in [0, 0.1) is 11.6 Å². The van der Waals surface area contributed by atoms with E-state index >= 15 is 0 Å². The number of hydrogen-bond donors (Lipinski definition) is 2. The molecule has 0 aliphatic carbocycles. The van der Waals surface area contributed by atoms with Crippen molar-refractivity contribution in [1.29, 1.82) is 0 Å².